The molecule has 0 aromatic heterocycles. The second-order valence-electron chi connectivity index (χ2n) is 7.98. The fourth-order valence-corrected chi connectivity index (χ4v) is 5.57. The second-order valence-corrected chi connectivity index (χ2v) is 9.66. The van der Waals surface area contributed by atoms with Gasteiger partial charge in [0, 0.05) is 51.4 Å². The van der Waals surface area contributed by atoms with Crippen LogP contribution in [0.15, 0.2) is 23.1 Å². The number of alkyl halides is 2. The number of carbonyl (C=O) groups excluding carboxylic acids is 2. The number of rotatable bonds is 8. The Bertz CT molecular complexity index is 951. The van der Waals surface area contributed by atoms with Gasteiger partial charge in [-0.1, -0.05) is 6.07 Å². The van der Waals surface area contributed by atoms with Gasteiger partial charge in [0.15, 0.2) is 0 Å². The lowest BCUT2D eigenvalue weighted by Crippen LogP contribution is -2.57. The molecule has 12 heteroatoms. The molecule has 0 saturated carbocycles. The predicted molar refractivity (Wildman–Crippen MR) is 115 cm³/mol. The van der Waals surface area contributed by atoms with Crippen molar-refractivity contribution < 1.29 is 26.8 Å². The highest BCUT2D eigenvalue weighted by Crippen LogP contribution is 2.29. The Morgan fingerprint density at radius 3 is 2.44 bits per heavy atom. The fourth-order valence-electron chi connectivity index (χ4n) is 4.11. The summed E-state index contributed by atoms with van der Waals surface area (Å²) in [4.78, 5) is 29.5. The van der Waals surface area contributed by atoms with Crippen molar-refractivity contribution >= 4 is 27.5 Å². The summed E-state index contributed by atoms with van der Waals surface area (Å²) in [7, 11) is -4.11. The Balaban J connectivity index is 1.72. The minimum absolute atomic E-state index is 0.0253. The monoisotopic (exact) mass is 473 g/mol. The third-order valence-electron chi connectivity index (χ3n) is 5.82. The van der Waals surface area contributed by atoms with Gasteiger partial charge in [0.25, 0.3) is 6.43 Å². The zero-order chi connectivity index (χ0) is 23.5. The minimum atomic E-state index is -4.11. The van der Waals surface area contributed by atoms with Gasteiger partial charge < -0.3 is 15.5 Å². The lowest BCUT2D eigenvalue weighted by molar-refractivity contribution is -0.134. The van der Waals surface area contributed by atoms with E-state index in [1.807, 2.05) is 0 Å². The molecular formula is C20H29F2N5O4S. The molecule has 2 aliphatic rings. The molecule has 3 N–H and O–H groups in total. The maximum absolute atomic E-state index is 13.1. The van der Waals surface area contributed by atoms with Gasteiger partial charge in [-0.05, 0) is 31.0 Å². The SMILES string of the molecule is Cc1c(N2CCCC2=O)cccc1S(=O)(=O)N[C@@H](CN)C(=O)N1CCN(CC(F)F)CC1. The average Bonchev–Trinajstić information content (AvgIpc) is 3.17. The zero-order valence-corrected chi connectivity index (χ0v) is 18.8. The van der Waals surface area contributed by atoms with E-state index in [4.69, 9.17) is 5.73 Å². The molecule has 0 radical (unpaired) electrons. The van der Waals surface area contributed by atoms with Gasteiger partial charge in [0.1, 0.15) is 6.04 Å². The van der Waals surface area contributed by atoms with Gasteiger partial charge in [0.05, 0.1) is 11.4 Å². The van der Waals surface area contributed by atoms with Crippen LogP contribution in [0.5, 0.6) is 0 Å². The number of nitrogens with two attached hydrogens (primary N) is 1. The zero-order valence-electron chi connectivity index (χ0n) is 18.0. The van der Waals surface area contributed by atoms with E-state index in [9.17, 15) is 26.8 Å². The first-order valence-electron chi connectivity index (χ1n) is 10.6. The highest BCUT2D eigenvalue weighted by molar-refractivity contribution is 7.89. The van der Waals surface area contributed by atoms with Crippen LogP contribution in [0.1, 0.15) is 18.4 Å². The van der Waals surface area contributed by atoms with Gasteiger partial charge in [-0.3, -0.25) is 14.5 Å². The van der Waals surface area contributed by atoms with E-state index in [1.54, 1.807) is 28.9 Å². The van der Waals surface area contributed by atoms with Gasteiger partial charge in [-0.15, -0.1) is 0 Å². The number of nitrogens with one attached hydrogen (secondary N) is 1. The number of sulfonamides is 1. The lowest BCUT2D eigenvalue weighted by Gasteiger charge is -2.36. The first-order chi connectivity index (χ1) is 15.1. The molecule has 2 saturated heterocycles. The molecule has 9 nitrogen and oxygen atoms in total. The number of benzene rings is 1. The molecule has 32 heavy (non-hydrogen) atoms. The van der Waals surface area contributed by atoms with Crippen molar-refractivity contribution in [2.24, 2.45) is 5.73 Å². The summed E-state index contributed by atoms with van der Waals surface area (Å²) in [6, 6.07) is 3.49. The number of carbonyl (C=O) groups is 2. The molecule has 178 valence electrons. The van der Waals surface area contributed by atoms with Gasteiger partial charge in [-0.25, -0.2) is 17.2 Å². The van der Waals surface area contributed by atoms with Crippen LogP contribution < -0.4 is 15.4 Å². The highest BCUT2D eigenvalue weighted by Gasteiger charge is 2.32. The molecule has 0 spiro atoms. The number of hydrogen-bond acceptors (Lipinski definition) is 6. The molecule has 0 aliphatic carbocycles. The topological polar surface area (TPSA) is 116 Å². The van der Waals surface area contributed by atoms with Gasteiger partial charge >= 0.3 is 0 Å². The second kappa shape index (κ2) is 10.2. The van der Waals surface area contributed by atoms with Crippen LogP contribution in [-0.4, -0.2) is 88.3 Å². The van der Waals surface area contributed by atoms with Crippen molar-refractivity contribution in [2.45, 2.75) is 37.1 Å². The van der Waals surface area contributed by atoms with E-state index in [1.165, 1.54) is 11.0 Å². The summed E-state index contributed by atoms with van der Waals surface area (Å²) in [6.45, 7) is 2.54. The van der Waals surface area contributed by atoms with E-state index in [2.05, 4.69) is 4.72 Å². The first-order valence-corrected chi connectivity index (χ1v) is 12.0. The summed E-state index contributed by atoms with van der Waals surface area (Å²) in [6.07, 6.45) is -1.32. The largest absolute Gasteiger partial charge is 0.339 e. The molecule has 0 bridgehead atoms. The van der Waals surface area contributed by atoms with Crippen molar-refractivity contribution in [3.63, 3.8) is 0 Å². The highest BCUT2D eigenvalue weighted by atomic mass is 32.2. The molecule has 1 aromatic carbocycles. The summed E-state index contributed by atoms with van der Waals surface area (Å²) >= 11 is 0. The number of hydrogen-bond donors (Lipinski definition) is 2. The number of anilines is 1. The maximum Gasteiger partial charge on any atom is 0.251 e. The molecule has 2 fully saturated rings. The molecule has 0 unspecified atom stereocenters. The quantitative estimate of drug-likeness (QED) is 0.555. The van der Waals surface area contributed by atoms with Crippen molar-refractivity contribution in [3.8, 4) is 0 Å². The van der Waals surface area contributed by atoms with Crippen LogP contribution >= 0.6 is 0 Å². The van der Waals surface area contributed by atoms with Crippen molar-refractivity contribution in [3.05, 3.63) is 23.8 Å². The van der Waals surface area contributed by atoms with Gasteiger partial charge in [0.2, 0.25) is 21.8 Å². The van der Waals surface area contributed by atoms with Gasteiger partial charge in [-0.2, -0.15) is 4.72 Å². The van der Waals surface area contributed by atoms with Crippen LogP contribution in [0.25, 0.3) is 0 Å². The molecule has 2 aliphatic heterocycles. The van der Waals surface area contributed by atoms with Crippen LogP contribution in [0.3, 0.4) is 0 Å². The molecule has 2 heterocycles. The Morgan fingerprint density at radius 2 is 1.88 bits per heavy atom. The van der Waals surface area contributed by atoms with E-state index in [0.29, 0.717) is 30.6 Å². The molecule has 3 rings (SSSR count). The predicted octanol–water partition coefficient (Wildman–Crippen LogP) is 0.137. The van der Waals surface area contributed by atoms with Crippen LogP contribution in [0, 0.1) is 6.92 Å². The number of piperazine rings is 1. The summed E-state index contributed by atoms with van der Waals surface area (Å²) in [5, 5.41) is 0. The number of nitrogens with zero attached hydrogens (tertiary/aromatic N) is 3. The van der Waals surface area contributed by atoms with E-state index in [0.717, 1.165) is 0 Å². The number of amides is 2. The number of halogens is 2. The third kappa shape index (κ3) is 5.42. The van der Waals surface area contributed by atoms with E-state index < -0.39 is 28.4 Å². The third-order valence-corrected chi connectivity index (χ3v) is 7.44. The summed E-state index contributed by atoms with van der Waals surface area (Å²) < 4.78 is 53.7. The minimum Gasteiger partial charge on any atom is -0.339 e. The van der Waals surface area contributed by atoms with Crippen LogP contribution in [0.2, 0.25) is 0 Å². The molecule has 1 aromatic rings. The maximum atomic E-state index is 13.1. The smallest absolute Gasteiger partial charge is 0.251 e. The Kier molecular flexibility index (Phi) is 7.80. The molecular weight excluding hydrogens is 444 g/mol. The standard InChI is InChI=1S/C20H29F2N5O4S/c1-14-16(27-7-3-6-19(27)28)4-2-5-17(14)32(30,31)24-15(12-23)20(29)26-10-8-25(9-11-26)13-18(21)22/h2,4-5,15,18,24H,3,6-13,23H2,1H3/t15-/m0/s1. The average molecular weight is 474 g/mol. The Labute approximate surface area is 186 Å². The van der Waals surface area contributed by atoms with E-state index in [-0.39, 0.29) is 50.1 Å². The Hall–Kier alpha value is -2.15. The summed E-state index contributed by atoms with van der Waals surface area (Å²) in [5.41, 5.74) is 6.65. The van der Waals surface area contributed by atoms with Crippen molar-refractivity contribution in [2.75, 3.05) is 50.7 Å². The Morgan fingerprint density at radius 1 is 1.19 bits per heavy atom. The van der Waals surface area contributed by atoms with Crippen molar-refractivity contribution in [1.29, 1.82) is 0 Å². The normalized spacial score (nSPS) is 19.1. The fraction of sp³-hybridized carbons (Fsp3) is 0.600. The lowest BCUT2D eigenvalue weighted by atomic mass is 10.2. The first kappa shape index (κ1) is 24.5. The van der Waals surface area contributed by atoms with E-state index >= 15 is 0 Å². The molecule has 2 amide bonds. The van der Waals surface area contributed by atoms with Crippen LogP contribution in [-0.2, 0) is 19.6 Å². The van der Waals surface area contributed by atoms with Crippen molar-refractivity contribution in [1.82, 2.24) is 14.5 Å². The summed E-state index contributed by atoms with van der Waals surface area (Å²) in [5.74, 6) is -0.548. The van der Waals surface area contributed by atoms with Crippen LogP contribution in [0.4, 0.5) is 14.5 Å². The molecule has 1 atom stereocenters.